The molecule has 1 aliphatic carbocycles. The average Bonchev–Trinajstić information content (AvgIpc) is 2.85. The molecule has 3 N–H and O–H groups in total. The number of carbonyl (C=O) groups is 1. The summed E-state index contributed by atoms with van der Waals surface area (Å²) in [7, 11) is 0. The Bertz CT molecular complexity index is 393. The van der Waals surface area contributed by atoms with Crippen LogP contribution in [0.4, 0.5) is 0 Å². The Morgan fingerprint density at radius 1 is 1.53 bits per heavy atom. The first-order chi connectivity index (χ1) is 9.22. The van der Waals surface area contributed by atoms with Gasteiger partial charge in [0.15, 0.2) is 0 Å². The SMILES string of the molecule is CCC(NC(=O)C1CCCCCC1N)c1nccs1. The van der Waals surface area contributed by atoms with E-state index in [1.165, 1.54) is 6.42 Å². The quantitative estimate of drug-likeness (QED) is 0.834. The fourth-order valence-corrected chi connectivity index (χ4v) is 3.46. The van der Waals surface area contributed by atoms with Crippen molar-refractivity contribution in [3.8, 4) is 0 Å². The molecule has 1 aliphatic rings. The number of hydrogen-bond acceptors (Lipinski definition) is 4. The number of nitrogens with two attached hydrogens (primary N) is 1. The zero-order chi connectivity index (χ0) is 13.7. The third-order valence-corrected chi connectivity index (χ3v) is 4.77. The third kappa shape index (κ3) is 3.76. The summed E-state index contributed by atoms with van der Waals surface area (Å²) >= 11 is 1.59. The largest absolute Gasteiger partial charge is 0.347 e. The summed E-state index contributed by atoms with van der Waals surface area (Å²) in [6, 6.07) is 0.0410. The molecule has 1 aromatic rings. The van der Waals surface area contributed by atoms with Crippen molar-refractivity contribution < 1.29 is 4.79 Å². The smallest absolute Gasteiger partial charge is 0.225 e. The van der Waals surface area contributed by atoms with Crippen LogP contribution in [-0.2, 0) is 4.79 Å². The molecule has 3 unspecified atom stereocenters. The molecule has 0 radical (unpaired) electrons. The van der Waals surface area contributed by atoms with Crippen LogP contribution in [0.5, 0.6) is 0 Å². The van der Waals surface area contributed by atoms with Crippen molar-refractivity contribution in [1.82, 2.24) is 10.3 Å². The molecule has 106 valence electrons. The summed E-state index contributed by atoms with van der Waals surface area (Å²) in [5, 5.41) is 6.06. The van der Waals surface area contributed by atoms with Crippen LogP contribution < -0.4 is 11.1 Å². The molecule has 0 saturated heterocycles. The first kappa shape index (κ1) is 14.5. The predicted molar refractivity (Wildman–Crippen MR) is 77.8 cm³/mol. The van der Waals surface area contributed by atoms with Crippen molar-refractivity contribution in [1.29, 1.82) is 0 Å². The highest BCUT2D eigenvalue weighted by Gasteiger charge is 2.28. The van der Waals surface area contributed by atoms with Crippen molar-refractivity contribution in [2.75, 3.05) is 0 Å². The maximum atomic E-state index is 12.4. The Morgan fingerprint density at radius 3 is 3.00 bits per heavy atom. The van der Waals surface area contributed by atoms with E-state index in [0.717, 1.165) is 37.1 Å². The van der Waals surface area contributed by atoms with E-state index in [0.29, 0.717) is 0 Å². The van der Waals surface area contributed by atoms with E-state index < -0.39 is 0 Å². The van der Waals surface area contributed by atoms with Gasteiger partial charge in [-0.15, -0.1) is 11.3 Å². The Labute approximate surface area is 118 Å². The minimum Gasteiger partial charge on any atom is -0.347 e. The Hall–Kier alpha value is -0.940. The zero-order valence-electron chi connectivity index (χ0n) is 11.5. The second kappa shape index (κ2) is 7.01. The Kier molecular flexibility index (Phi) is 5.34. The van der Waals surface area contributed by atoms with Crippen LogP contribution in [0.25, 0.3) is 0 Å². The molecule has 19 heavy (non-hydrogen) atoms. The molecule has 2 rings (SSSR count). The molecule has 1 fully saturated rings. The van der Waals surface area contributed by atoms with Crippen molar-refractivity contribution in [2.45, 2.75) is 57.5 Å². The summed E-state index contributed by atoms with van der Waals surface area (Å²) in [5.74, 6) is 0.0768. The molecule has 5 heteroatoms. The van der Waals surface area contributed by atoms with E-state index in [4.69, 9.17) is 5.73 Å². The topological polar surface area (TPSA) is 68.0 Å². The van der Waals surface area contributed by atoms with Gasteiger partial charge in [0.05, 0.1) is 12.0 Å². The van der Waals surface area contributed by atoms with Crippen molar-refractivity contribution >= 4 is 17.2 Å². The average molecular weight is 281 g/mol. The van der Waals surface area contributed by atoms with Gasteiger partial charge in [-0.1, -0.05) is 26.2 Å². The Morgan fingerprint density at radius 2 is 2.32 bits per heavy atom. The second-order valence-corrected chi connectivity index (χ2v) is 6.17. The van der Waals surface area contributed by atoms with Crippen LogP contribution in [0.15, 0.2) is 11.6 Å². The molecule has 1 amide bonds. The van der Waals surface area contributed by atoms with Gasteiger partial charge in [-0.05, 0) is 19.3 Å². The highest BCUT2D eigenvalue weighted by molar-refractivity contribution is 7.09. The van der Waals surface area contributed by atoms with E-state index in [1.807, 2.05) is 5.38 Å². The minimum absolute atomic E-state index is 0.0105. The molecule has 4 nitrogen and oxygen atoms in total. The number of carbonyl (C=O) groups excluding carboxylic acids is 1. The van der Waals surface area contributed by atoms with Crippen LogP contribution in [0.3, 0.4) is 0 Å². The van der Waals surface area contributed by atoms with Gasteiger partial charge in [0.2, 0.25) is 5.91 Å². The van der Waals surface area contributed by atoms with E-state index in [9.17, 15) is 4.79 Å². The highest BCUT2D eigenvalue weighted by Crippen LogP contribution is 2.25. The third-order valence-electron chi connectivity index (χ3n) is 3.88. The number of aromatic nitrogens is 1. The Balaban J connectivity index is 1.98. The summed E-state index contributed by atoms with van der Waals surface area (Å²) in [5.41, 5.74) is 6.14. The molecule has 0 aromatic carbocycles. The first-order valence-electron chi connectivity index (χ1n) is 7.17. The second-order valence-electron chi connectivity index (χ2n) is 5.25. The molecule has 1 aromatic heterocycles. The maximum Gasteiger partial charge on any atom is 0.225 e. The van der Waals surface area contributed by atoms with Crippen molar-refractivity contribution in [3.05, 3.63) is 16.6 Å². The summed E-state index contributed by atoms with van der Waals surface area (Å²) in [6.45, 7) is 2.07. The van der Waals surface area contributed by atoms with Crippen LogP contribution in [0.2, 0.25) is 0 Å². The fraction of sp³-hybridized carbons (Fsp3) is 0.714. The normalized spacial score (nSPS) is 25.6. The molecule has 0 bridgehead atoms. The van der Waals surface area contributed by atoms with Gasteiger partial charge >= 0.3 is 0 Å². The fourth-order valence-electron chi connectivity index (χ4n) is 2.69. The van der Waals surface area contributed by atoms with E-state index in [1.54, 1.807) is 17.5 Å². The number of rotatable bonds is 4. The van der Waals surface area contributed by atoms with Gasteiger partial charge in [0, 0.05) is 17.6 Å². The van der Waals surface area contributed by atoms with Crippen LogP contribution in [-0.4, -0.2) is 16.9 Å². The lowest BCUT2D eigenvalue weighted by molar-refractivity contribution is -0.126. The summed E-state index contributed by atoms with van der Waals surface area (Å²) in [6.07, 6.45) is 7.98. The molecule has 1 saturated carbocycles. The number of nitrogens with one attached hydrogen (secondary N) is 1. The monoisotopic (exact) mass is 281 g/mol. The van der Waals surface area contributed by atoms with Crippen LogP contribution in [0.1, 0.15) is 56.5 Å². The molecular formula is C14H23N3OS. The van der Waals surface area contributed by atoms with Gasteiger partial charge in [-0.2, -0.15) is 0 Å². The van der Waals surface area contributed by atoms with Gasteiger partial charge < -0.3 is 11.1 Å². The highest BCUT2D eigenvalue weighted by atomic mass is 32.1. The number of hydrogen-bond donors (Lipinski definition) is 2. The number of nitrogens with zero attached hydrogens (tertiary/aromatic N) is 1. The van der Waals surface area contributed by atoms with Gasteiger partial charge in [0.25, 0.3) is 0 Å². The van der Waals surface area contributed by atoms with Gasteiger partial charge in [-0.3, -0.25) is 4.79 Å². The lowest BCUT2D eigenvalue weighted by Gasteiger charge is -2.23. The predicted octanol–water partition coefficient (Wildman–Crippen LogP) is 2.62. The van der Waals surface area contributed by atoms with Crippen LogP contribution >= 0.6 is 11.3 Å². The number of amides is 1. The zero-order valence-corrected chi connectivity index (χ0v) is 12.3. The molecule has 1 heterocycles. The maximum absolute atomic E-state index is 12.4. The minimum atomic E-state index is -0.0310. The first-order valence-corrected chi connectivity index (χ1v) is 8.05. The van der Waals surface area contributed by atoms with E-state index in [2.05, 4.69) is 17.2 Å². The number of thiazole rings is 1. The van der Waals surface area contributed by atoms with Gasteiger partial charge in [0.1, 0.15) is 5.01 Å². The van der Waals surface area contributed by atoms with Gasteiger partial charge in [-0.25, -0.2) is 4.98 Å². The van der Waals surface area contributed by atoms with E-state index >= 15 is 0 Å². The van der Waals surface area contributed by atoms with Crippen molar-refractivity contribution in [2.24, 2.45) is 11.7 Å². The summed E-state index contributed by atoms with van der Waals surface area (Å²) in [4.78, 5) is 16.7. The lowest BCUT2D eigenvalue weighted by Crippen LogP contribution is -2.42. The lowest BCUT2D eigenvalue weighted by atomic mass is 9.94. The van der Waals surface area contributed by atoms with Crippen LogP contribution in [0, 0.1) is 5.92 Å². The molecule has 3 atom stereocenters. The van der Waals surface area contributed by atoms with E-state index in [-0.39, 0.29) is 23.9 Å². The molecule has 0 spiro atoms. The van der Waals surface area contributed by atoms with Crippen molar-refractivity contribution in [3.63, 3.8) is 0 Å². The summed E-state index contributed by atoms with van der Waals surface area (Å²) < 4.78 is 0. The standard InChI is InChI=1S/C14H23N3OS/c1-2-12(14-16-8-9-19-14)17-13(18)10-6-4-3-5-7-11(10)15/h8-12H,2-7,15H2,1H3,(H,17,18). The molecular weight excluding hydrogens is 258 g/mol. The molecule has 0 aliphatic heterocycles.